The number of allylic oxidation sites excluding steroid dienone is 1. The van der Waals surface area contributed by atoms with Crippen LogP contribution in [0.2, 0.25) is 0 Å². The molecule has 0 unspecified atom stereocenters. The van der Waals surface area contributed by atoms with Gasteiger partial charge in [-0.1, -0.05) is 12.1 Å². The number of carboxylic acid groups (broad SMARTS) is 1. The van der Waals surface area contributed by atoms with Crippen LogP contribution in [0.3, 0.4) is 0 Å². The van der Waals surface area contributed by atoms with Crippen LogP contribution < -0.4 is 4.74 Å². The first-order chi connectivity index (χ1) is 11.4. The van der Waals surface area contributed by atoms with Gasteiger partial charge in [0, 0.05) is 11.1 Å². The third kappa shape index (κ3) is 4.52. The molecule has 1 N–H and O–H groups in total. The first-order valence-corrected chi connectivity index (χ1v) is 7.76. The second kappa shape index (κ2) is 7.88. The summed E-state index contributed by atoms with van der Waals surface area (Å²) in [4.78, 5) is 23.1. The van der Waals surface area contributed by atoms with Crippen molar-refractivity contribution < 1.29 is 23.8 Å². The van der Waals surface area contributed by atoms with E-state index in [1.54, 1.807) is 30.3 Å². The van der Waals surface area contributed by atoms with Crippen molar-refractivity contribution >= 4 is 33.8 Å². The highest BCUT2D eigenvalue weighted by Crippen LogP contribution is 2.22. The molecule has 0 saturated carbocycles. The molecule has 0 atom stereocenters. The maximum atomic E-state index is 13.2. The van der Waals surface area contributed by atoms with E-state index in [9.17, 15) is 14.0 Å². The summed E-state index contributed by atoms with van der Waals surface area (Å²) in [6, 6.07) is 9.04. The maximum absolute atomic E-state index is 13.2. The van der Waals surface area contributed by atoms with Gasteiger partial charge in [0.2, 0.25) is 0 Å². The largest absolute Gasteiger partial charge is 0.496 e. The average molecular weight is 393 g/mol. The number of methoxy groups -OCH3 is 1. The van der Waals surface area contributed by atoms with Crippen LogP contribution in [0.4, 0.5) is 4.39 Å². The van der Waals surface area contributed by atoms with Gasteiger partial charge in [-0.05, 0) is 57.9 Å². The van der Waals surface area contributed by atoms with Crippen LogP contribution in [0, 0.1) is 5.82 Å². The summed E-state index contributed by atoms with van der Waals surface area (Å²) in [6.45, 7) is 0. The Morgan fingerprint density at radius 1 is 1.25 bits per heavy atom. The van der Waals surface area contributed by atoms with Crippen molar-refractivity contribution in [3.8, 4) is 5.75 Å². The fourth-order valence-electron chi connectivity index (χ4n) is 2.12. The summed E-state index contributed by atoms with van der Waals surface area (Å²) >= 11 is 3.08. The summed E-state index contributed by atoms with van der Waals surface area (Å²) in [5.74, 6) is -1.26. The number of carboxylic acids is 1. The molecular formula is C18H14BrFO4. The van der Waals surface area contributed by atoms with Crippen molar-refractivity contribution in [1.82, 2.24) is 0 Å². The molecule has 6 heteroatoms. The van der Waals surface area contributed by atoms with Crippen LogP contribution in [0.5, 0.6) is 5.75 Å². The van der Waals surface area contributed by atoms with E-state index >= 15 is 0 Å². The summed E-state index contributed by atoms with van der Waals surface area (Å²) in [5.41, 5.74) is 1.44. The Morgan fingerprint density at radius 3 is 2.62 bits per heavy atom. The monoisotopic (exact) mass is 392 g/mol. The topological polar surface area (TPSA) is 63.6 Å². The molecule has 0 aliphatic heterocycles. The molecule has 0 saturated heterocycles. The zero-order valence-corrected chi connectivity index (χ0v) is 14.3. The highest BCUT2D eigenvalue weighted by atomic mass is 79.9. The first kappa shape index (κ1) is 17.9. The van der Waals surface area contributed by atoms with Gasteiger partial charge < -0.3 is 9.84 Å². The Kier molecular flexibility index (Phi) is 5.87. The molecule has 0 aliphatic rings. The van der Waals surface area contributed by atoms with Crippen molar-refractivity contribution in [3.63, 3.8) is 0 Å². The van der Waals surface area contributed by atoms with E-state index in [0.717, 1.165) is 0 Å². The van der Waals surface area contributed by atoms with Crippen LogP contribution in [0.25, 0.3) is 6.08 Å². The van der Waals surface area contributed by atoms with Gasteiger partial charge in [-0.3, -0.25) is 9.59 Å². The predicted octanol–water partition coefficient (Wildman–Crippen LogP) is 4.12. The number of ketones is 1. The molecule has 2 aromatic carbocycles. The van der Waals surface area contributed by atoms with Crippen LogP contribution >= 0.6 is 15.9 Å². The van der Waals surface area contributed by atoms with E-state index in [0.29, 0.717) is 26.9 Å². The second-order valence-corrected chi connectivity index (χ2v) is 5.82. The van der Waals surface area contributed by atoms with Gasteiger partial charge in [0.25, 0.3) is 0 Å². The summed E-state index contributed by atoms with van der Waals surface area (Å²) in [7, 11) is 1.44. The van der Waals surface area contributed by atoms with Crippen molar-refractivity contribution in [1.29, 1.82) is 0 Å². The lowest BCUT2D eigenvalue weighted by molar-refractivity contribution is -0.136. The lowest BCUT2D eigenvalue weighted by atomic mass is 10.0. The smallest absolute Gasteiger partial charge is 0.307 e. The molecule has 4 nitrogen and oxygen atoms in total. The molecule has 2 aromatic rings. The van der Waals surface area contributed by atoms with Crippen molar-refractivity contribution in [2.45, 2.75) is 6.42 Å². The van der Waals surface area contributed by atoms with Gasteiger partial charge in [0.05, 0.1) is 18.0 Å². The number of ether oxygens (including phenoxy) is 1. The molecule has 24 heavy (non-hydrogen) atoms. The van der Waals surface area contributed by atoms with E-state index < -0.39 is 5.97 Å². The lowest BCUT2D eigenvalue weighted by Crippen LogP contribution is -2.04. The molecule has 0 amide bonds. The van der Waals surface area contributed by atoms with Gasteiger partial charge in [0.15, 0.2) is 5.78 Å². The van der Waals surface area contributed by atoms with Gasteiger partial charge in [-0.2, -0.15) is 0 Å². The molecule has 0 radical (unpaired) electrons. The lowest BCUT2D eigenvalue weighted by Gasteiger charge is -2.08. The first-order valence-electron chi connectivity index (χ1n) is 6.97. The number of hydrogen-bond acceptors (Lipinski definition) is 3. The fourth-order valence-corrected chi connectivity index (χ4v) is 2.51. The molecule has 0 aliphatic carbocycles. The molecule has 0 bridgehead atoms. The zero-order chi connectivity index (χ0) is 17.7. The molecule has 0 spiro atoms. The Morgan fingerprint density at radius 2 is 2.00 bits per heavy atom. The quantitative estimate of drug-likeness (QED) is 0.593. The molecule has 124 valence electrons. The summed E-state index contributed by atoms with van der Waals surface area (Å²) < 4.78 is 18.6. The summed E-state index contributed by atoms with van der Waals surface area (Å²) in [6.07, 6.45) is 2.68. The number of halogens is 2. The second-order valence-electron chi connectivity index (χ2n) is 4.97. The van der Waals surface area contributed by atoms with Gasteiger partial charge in [-0.15, -0.1) is 0 Å². The molecule has 0 fully saturated rings. The normalized spacial score (nSPS) is 10.8. The highest BCUT2D eigenvalue weighted by Gasteiger charge is 2.11. The Hall–Kier alpha value is -2.47. The Balaban J connectivity index is 2.24. The standard InChI is InChI=1S/C18H14BrFO4/c1-24-17-7-4-12(9-13(17)10-18(22)23)16(21)6-3-11-2-5-15(20)14(19)8-11/h2-9H,10H2,1H3,(H,22,23)/b6-3+. The summed E-state index contributed by atoms with van der Waals surface area (Å²) in [5, 5.41) is 8.93. The van der Waals surface area contributed by atoms with Gasteiger partial charge >= 0.3 is 5.97 Å². The predicted molar refractivity (Wildman–Crippen MR) is 91.8 cm³/mol. The Labute approximate surface area is 146 Å². The minimum Gasteiger partial charge on any atom is -0.496 e. The van der Waals surface area contributed by atoms with E-state index in [4.69, 9.17) is 9.84 Å². The minimum atomic E-state index is -1.01. The van der Waals surface area contributed by atoms with E-state index in [2.05, 4.69) is 15.9 Å². The number of aliphatic carboxylic acids is 1. The van der Waals surface area contributed by atoms with E-state index in [1.807, 2.05) is 0 Å². The van der Waals surface area contributed by atoms with Crippen LogP contribution in [-0.2, 0) is 11.2 Å². The van der Waals surface area contributed by atoms with E-state index in [1.165, 1.54) is 25.3 Å². The fraction of sp³-hybridized carbons (Fsp3) is 0.111. The van der Waals surface area contributed by atoms with Crippen LogP contribution in [0.1, 0.15) is 21.5 Å². The molecule has 0 aromatic heterocycles. The third-order valence-corrected chi connectivity index (χ3v) is 3.89. The van der Waals surface area contributed by atoms with Crippen LogP contribution in [-0.4, -0.2) is 24.0 Å². The molecular weight excluding hydrogens is 379 g/mol. The SMILES string of the molecule is COc1ccc(C(=O)/C=C/c2ccc(F)c(Br)c2)cc1CC(=O)O. The highest BCUT2D eigenvalue weighted by molar-refractivity contribution is 9.10. The number of carbonyl (C=O) groups is 2. The third-order valence-electron chi connectivity index (χ3n) is 3.28. The van der Waals surface area contributed by atoms with Crippen molar-refractivity contribution in [2.24, 2.45) is 0 Å². The number of rotatable bonds is 6. The zero-order valence-electron chi connectivity index (χ0n) is 12.8. The van der Waals surface area contributed by atoms with Crippen molar-refractivity contribution in [3.05, 3.63) is 69.5 Å². The molecule has 2 rings (SSSR count). The van der Waals surface area contributed by atoms with Gasteiger partial charge in [0.1, 0.15) is 11.6 Å². The Bertz CT molecular complexity index is 815. The van der Waals surface area contributed by atoms with Crippen LogP contribution in [0.15, 0.2) is 46.9 Å². The maximum Gasteiger partial charge on any atom is 0.307 e. The minimum absolute atomic E-state index is 0.237. The number of benzene rings is 2. The molecule has 0 heterocycles. The van der Waals surface area contributed by atoms with Crippen molar-refractivity contribution in [2.75, 3.05) is 7.11 Å². The number of carbonyl (C=O) groups excluding carboxylic acids is 1. The number of hydrogen-bond donors (Lipinski definition) is 1. The van der Waals surface area contributed by atoms with Gasteiger partial charge in [-0.25, -0.2) is 4.39 Å². The average Bonchev–Trinajstić information content (AvgIpc) is 2.55. The van der Waals surface area contributed by atoms with E-state index in [-0.39, 0.29) is 18.0 Å².